The van der Waals surface area contributed by atoms with Crippen LogP contribution in [-0.2, 0) is 9.59 Å². The molecular weight excluding hydrogens is 284 g/mol. The van der Waals surface area contributed by atoms with Gasteiger partial charge in [-0.2, -0.15) is 0 Å². The Balaban J connectivity index is 1.59. The summed E-state index contributed by atoms with van der Waals surface area (Å²) in [5.74, 6) is 4.25. The largest absolute Gasteiger partial charge is 0.300 e. The van der Waals surface area contributed by atoms with Crippen LogP contribution in [0.1, 0.15) is 78.6 Å². The van der Waals surface area contributed by atoms with Crippen molar-refractivity contribution in [2.24, 2.45) is 40.4 Å². The zero-order valence-electron chi connectivity index (χ0n) is 15.1. The fraction of sp³-hybridized carbons (Fsp3) is 0.905. The van der Waals surface area contributed by atoms with Crippen LogP contribution < -0.4 is 0 Å². The molecule has 7 atom stereocenters. The predicted molar refractivity (Wildman–Crippen MR) is 90.9 cm³/mol. The van der Waals surface area contributed by atoms with Gasteiger partial charge in [-0.1, -0.05) is 13.8 Å². The maximum atomic E-state index is 12.4. The first kappa shape index (κ1) is 15.8. The lowest BCUT2D eigenvalue weighted by Gasteiger charge is -2.60. The first-order valence-corrected chi connectivity index (χ1v) is 9.90. The summed E-state index contributed by atoms with van der Waals surface area (Å²) in [5, 5.41) is 0. The molecule has 0 heterocycles. The molecule has 0 bridgehead atoms. The monoisotopic (exact) mass is 316 g/mol. The van der Waals surface area contributed by atoms with Crippen molar-refractivity contribution in [3.05, 3.63) is 0 Å². The van der Waals surface area contributed by atoms with Crippen molar-refractivity contribution >= 4 is 11.6 Å². The number of hydrogen-bond donors (Lipinski definition) is 0. The van der Waals surface area contributed by atoms with E-state index >= 15 is 0 Å². The van der Waals surface area contributed by atoms with Crippen molar-refractivity contribution in [3.63, 3.8) is 0 Å². The van der Waals surface area contributed by atoms with Crippen LogP contribution in [0.15, 0.2) is 0 Å². The third-order valence-electron chi connectivity index (χ3n) is 8.95. The van der Waals surface area contributed by atoms with Gasteiger partial charge in [-0.05, 0) is 87.4 Å². The lowest BCUT2D eigenvalue weighted by Crippen LogP contribution is -2.53. The molecule has 4 aliphatic rings. The molecule has 128 valence electrons. The molecule has 2 nitrogen and oxygen atoms in total. The molecular formula is C21H32O2. The highest BCUT2D eigenvalue weighted by Gasteiger charge is 2.60. The number of hydrogen-bond acceptors (Lipinski definition) is 2. The van der Waals surface area contributed by atoms with Gasteiger partial charge in [-0.25, -0.2) is 0 Å². The first-order valence-electron chi connectivity index (χ1n) is 9.90. The normalized spacial score (nSPS) is 52.5. The van der Waals surface area contributed by atoms with Crippen molar-refractivity contribution in [3.8, 4) is 0 Å². The topological polar surface area (TPSA) is 34.1 Å². The van der Waals surface area contributed by atoms with Gasteiger partial charge < -0.3 is 0 Å². The number of carbonyl (C=O) groups excluding carboxylic acids is 2. The molecule has 0 aromatic heterocycles. The Hall–Kier alpha value is -0.660. The van der Waals surface area contributed by atoms with E-state index in [2.05, 4.69) is 13.8 Å². The highest BCUT2D eigenvalue weighted by molar-refractivity contribution is 5.87. The van der Waals surface area contributed by atoms with Gasteiger partial charge >= 0.3 is 0 Å². The molecule has 0 saturated heterocycles. The van der Waals surface area contributed by atoms with Crippen molar-refractivity contribution in [2.45, 2.75) is 78.6 Å². The molecule has 4 fully saturated rings. The molecule has 2 unspecified atom stereocenters. The van der Waals surface area contributed by atoms with Gasteiger partial charge in [-0.15, -0.1) is 0 Å². The zero-order chi connectivity index (χ0) is 16.4. The summed E-state index contributed by atoms with van der Waals surface area (Å²) in [7, 11) is 0. The van der Waals surface area contributed by atoms with Gasteiger partial charge in [0.1, 0.15) is 11.6 Å². The van der Waals surface area contributed by atoms with Gasteiger partial charge in [0, 0.05) is 17.8 Å². The molecule has 0 aromatic carbocycles. The third kappa shape index (κ3) is 2.12. The maximum Gasteiger partial charge on any atom is 0.139 e. The Morgan fingerprint density at radius 1 is 1.00 bits per heavy atom. The van der Waals surface area contributed by atoms with Crippen LogP contribution in [-0.4, -0.2) is 11.6 Å². The average Bonchev–Trinajstić information content (AvgIpc) is 2.82. The molecule has 0 spiro atoms. The number of fused-ring (bicyclic) bond motifs is 5. The number of rotatable bonds is 1. The Morgan fingerprint density at radius 3 is 2.52 bits per heavy atom. The minimum Gasteiger partial charge on any atom is -0.300 e. The standard InChI is InChI=1S/C21H32O2/c1-13(22)14-8-10-20(2)15(12-14)4-5-16-17-6-7-19(23)21(17,3)11-9-18(16)20/h14-18H,4-12H2,1-3H3/t14?,15?,16-,17-,18+,20-,21-/m0/s1. The van der Waals surface area contributed by atoms with Gasteiger partial charge in [0.15, 0.2) is 0 Å². The molecule has 0 N–H and O–H groups in total. The molecule has 2 heteroatoms. The minimum atomic E-state index is 0.000942. The summed E-state index contributed by atoms with van der Waals surface area (Å²) in [6, 6.07) is 0. The Bertz CT molecular complexity index is 538. The summed E-state index contributed by atoms with van der Waals surface area (Å²) in [5.41, 5.74) is 0.433. The summed E-state index contributed by atoms with van der Waals surface area (Å²) in [6.07, 6.45) is 10.4. The van der Waals surface area contributed by atoms with E-state index in [-0.39, 0.29) is 5.41 Å². The molecule has 0 amide bonds. The van der Waals surface area contributed by atoms with E-state index in [0.717, 1.165) is 49.9 Å². The van der Waals surface area contributed by atoms with Gasteiger partial charge in [-0.3, -0.25) is 9.59 Å². The van der Waals surface area contributed by atoms with E-state index in [0.29, 0.717) is 28.8 Å². The molecule has 0 aliphatic heterocycles. The van der Waals surface area contributed by atoms with Gasteiger partial charge in [0.25, 0.3) is 0 Å². The number of carbonyl (C=O) groups is 2. The first-order chi connectivity index (χ1) is 10.9. The minimum absolute atomic E-state index is 0.000942. The van der Waals surface area contributed by atoms with Crippen molar-refractivity contribution in [1.82, 2.24) is 0 Å². The average molecular weight is 316 g/mol. The fourth-order valence-electron chi connectivity index (χ4n) is 7.40. The Morgan fingerprint density at radius 2 is 1.78 bits per heavy atom. The molecule has 0 aromatic rings. The van der Waals surface area contributed by atoms with Crippen LogP contribution in [0, 0.1) is 40.4 Å². The van der Waals surface area contributed by atoms with E-state index in [4.69, 9.17) is 0 Å². The van der Waals surface area contributed by atoms with Crippen LogP contribution >= 0.6 is 0 Å². The van der Waals surface area contributed by atoms with Crippen LogP contribution in [0.5, 0.6) is 0 Å². The summed E-state index contributed by atoms with van der Waals surface area (Å²) >= 11 is 0. The summed E-state index contributed by atoms with van der Waals surface area (Å²) in [6.45, 7) is 6.59. The van der Waals surface area contributed by atoms with Crippen molar-refractivity contribution in [2.75, 3.05) is 0 Å². The van der Waals surface area contributed by atoms with Crippen LogP contribution in [0.3, 0.4) is 0 Å². The summed E-state index contributed by atoms with van der Waals surface area (Å²) < 4.78 is 0. The van der Waals surface area contributed by atoms with E-state index in [9.17, 15) is 9.59 Å². The Labute approximate surface area is 140 Å². The van der Waals surface area contributed by atoms with Gasteiger partial charge in [0.05, 0.1) is 0 Å². The molecule has 4 aliphatic carbocycles. The number of ketones is 2. The third-order valence-corrected chi connectivity index (χ3v) is 8.95. The fourth-order valence-corrected chi connectivity index (χ4v) is 7.40. The molecule has 4 saturated carbocycles. The van der Waals surface area contributed by atoms with E-state index in [1.807, 2.05) is 0 Å². The Kier molecular flexibility index (Phi) is 3.56. The van der Waals surface area contributed by atoms with Crippen LogP contribution in [0.4, 0.5) is 0 Å². The smallest absolute Gasteiger partial charge is 0.139 e. The van der Waals surface area contributed by atoms with E-state index < -0.39 is 0 Å². The second kappa shape index (κ2) is 5.17. The SMILES string of the molecule is CC(=O)C1CC[C@@]2(C)C(CC[C@@H]3[C@H]2CC[C@]2(C)C(=O)CC[C@@H]32)C1. The highest BCUT2D eigenvalue weighted by atomic mass is 16.1. The second-order valence-corrected chi connectivity index (χ2v) is 9.66. The van der Waals surface area contributed by atoms with Gasteiger partial charge in [0.2, 0.25) is 0 Å². The quantitative estimate of drug-likeness (QED) is 0.696. The van der Waals surface area contributed by atoms with Crippen molar-refractivity contribution in [1.29, 1.82) is 0 Å². The summed E-state index contributed by atoms with van der Waals surface area (Å²) in [4.78, 5) is 24.3. The second-order valence-electron chi connectivity index (χ2n) is 9.66. The van der Waals surface area contributed by atoms with E-state index in [1.54, 1.807) is 6.92 Å². The van der Waals surface area contributed by atoms with Crippen LogP contribution in [0.2, 0.25) is 0 Å². The number of Topliss-reactive ketones (excluding diaryl/α,β-unsaturated/α-hetero) is 2. The molecule has 0 radical (unpaired) electrons. The lowest BCUT2D eigenvalue weighted by molar-refractivity contribution is -0.143. The molecule has 4 rings (SSSR count). The lowest BCUT2D eigenvalue weighted by atomic mass is 9.44. The van der Waals surface area contributed by atoms with Crippen LogP contribution in [0.25, 0.3) is 0 Å². The van der Waals surface area contributed by atoms with Crippen molar-refractivity contribution < 1.29 is 9.59 Å². The zero-order valence-corrected chi connectivity index (χ0v) is 15.1. The maximum absolute atomic E-state index is 12.4. The highest BCUT2D eigenvalue weighted by Crippen LogP contribution is 2.65. The molecule has 23 heavy (non-hydrogen) atoms. The predicted octanol–water partition coefficient (Wildman–Crippen LogP) is 4.80. The van der Waals surface area contributed by atoms with E-state index in [1.165, 1.54) is 25.7 Å².